The van der Waals surface area contributed by atoms with E-state index in [0.717, 1.165) is 62.5 Å². The van der Waals surface area contributed by atoms with E-state index in [1.165, 1.54) is 9.80 Å². The van der Waals surface area contributed by atoms with Crippen LogP contribution in [0.4, 0.5) is 0 Å². The highest BCUT2D eigenvalue weighted by Gasteiger charge is 2.42. The Labute approximate surface area is 335 Å². The fraction of sp³-hybridized carbons (Fsp3) is 0.558. The van der Waals surface area contributed by atoms with Gasteiger partial charge in [-0.25, -0.2) is 0 Å². The van der Waals surface area contributed by atoms with Gasteiger partial charge in [-0.2, -0.15) is 0 Å². The molecule has 14 heteroatoms. The number of benzene rings is 2. The van der Waals surface area contributed by atoms with E-state index in [1.807, 2.05) is 25.1 Å². The first-order valence-electron chi connectivity index (χ1n) is 20.5. The minimum atomic E-state index is -1.23. The number of nitrogens with zero attached hydrogens (tertiary/aromatic N) is 2. The third-order valence-electron chi connectivity index (χ3n) is 11.1. The number of nitrogens with one attached hydrogen (secondary N) is 4. The number of likely N-dealkylation sites (N-methyl/N-ethyl adjacent to an activating group) is 1. The molecule has 2 aliphatic heterocycles. The lowest BCUT2D eigenvalue weighted by Gasteiger charge is -2.40. The van der Waals surface area contributed by atoms with Crippen molar-refractivity contribution >= 4 is 41.2 Å². The molecule has 5 rings (SSSR count). The molecule has 14 nitrogen and oxygen atoms in total. The molecule has 0 saturated heterocycles. The maximum Gasteiger partial charge on any atom is 0.290 e. The minimum Gasteiger partial charge on any atom is -0.494 e. The van der Waals surface area contributed by atoms with Crippen molar-refractivity contribution in [2.75, 3.05) is 27.2 Å². The van der Waals surface area contributed by atoms with Crippen LogP contribution < -0.4 is 26.0 Å². The van der Waals surface area contributed by atoms with Crippen LogP contribution in [0.15, 0.2) is 48.5 Å². The first-order chi connectivity index (χ1) is 27.5. The van der Waals surface area contributed by atoms with Crippen LogP contribution in [-0.2, 0) is 46.5 Å². The van der Waals surface area contributed by atoms with Crippen molar-refractivity contribution in [3.63, 3.8) is 0 Å². The molecule has 0 aromatic heterocycles. The van der Waals surface area contributed by atoms with Crippen molar-refractivity contribution in [3.05, 3.63) is 65.2 Å². The van der Waals surface area contributed by atoms with Crippen LogP contribution in [0.25, 0.3) is 0 Å². The van der Waals surface area contributed by atoms with Gasteiger partial charge in [-0.15, -0.1) is 0 Å². The standard InChI is InChI=1S/C43H58N6O8/c1-4-15-33(39(52)41(54)44-26-36(51)47-37(42(55)48(2)3)28-16-9-7-10-17-28)45-40(53)34-25-30-21-22-32-24-31(30)27-49(34)43(56)38(29-18-11-8-12-19-29)46-35(50)20-13-5-6-14-23-57-32/h7,9-10,16-17,21-22,24,29,33-34,37-38H,4-6,8,11-15,18-20,23,25-27H2,1-3H3,(H,44,54)(H,45,53)(H,46,50)(H,47,51)/t33?,34-,37-,38-/m0/s1. The monoisotopic (exact) mass is 786 g/mol. The summed E-state index contributed by atoms with van der Waals surface area (Å²) in [7, 11) is 3.13. The molecule has 1 unspecified atom stereocenters. The second kappa shape index (κ2) is 20.8. The summed E-state index contributed by atoms with van der Waals surface area (Å²) in [6, 6.07) is 10.3. The number of ketones is 1. The van der Waals surface area contributed by atoms with E-state index in [0.29, 0.717) is 37.2 Å². The third kappa shape index (κ3) is 11.6. The van der Waals surface area contributed by atoms with Gasteiger partial charge >= 0.3 is 0 Å². The summed E-state index contributed by atoms with van der Waals surface area (Å²) in [6.45, 7) is 1.86. The number of Topliss-reactive ketones (excluding diaryl/α,β-unsaturated/α-hetero) is 1. The number of rotatable bonds is 12. The Balaban J connectivity index is 1.33. The number of ether oxygens (including phenoxy) is 1. The predicted octanol–water partition coefficient (Wildman–Crippen LogP) is 3.26. The predicted molar refractivity (Wildman–Crippen MR) is 212 cm³/mol. The van der Waals surface area contributed by atoms with Crippen LogP contribution >= 0.6 is 0 Å². The average molecular weight is 787 g/mol. The summed E-state index contributed by atoms with van der Waals surface area (Å²) in [5.41, 5.74) is 2.25. The summed E-state index contributed by atoms with van der Waals surface area (Å²) >= 11 is 0. The lowest BCUT2D eigenvalue weighted by Crippen LogP contribution is -2.61. The number of hydrogen-bond donors (Lipinski definition) is 4. The molecule has 4 N–H and O–H groups in total. The van der Waals surface area contributed by atoms with Crippen LogP contribution in [0.5, 0.6) is 5.75 Å². The molecular formula is C43H58N6O8. The maximum atomic E-state index is 14.7. The molecule has 6 amide bonds. The van der Waals surface area contributed by atoms with Crippen LogP contribution in [0, 0.1) is 5.92 Å². The first-order valence-corrected chi connectivity index (χ1v) is 20.5. The van der Waals surface area contributed by atoms with E-state index in [4.69, 9.17) is 4.74 Å². The van der Waals surface area contributed by atoms with E-state index < -0.39 is 54.2 Å². The Hall–Kier alpha value is -5.27. The molecule has 4 atom stereocenters. The number of fused-ring (bicyclic) bond motifs is 2. The smallest absolute Gasteiger partial charge is 0.290 e. The second-order valence-corrected chi connectivity index (χ2v) is 15.6. The summed E-state index contributed by atoms with van der Waals surface area (Å²) in [4.78, 5) is 97.8. The maximum absolute atomic E-state index is 14.7. The highest BCUT2D eigenvalue weighted by molar-refractivity contribution is 6.38. The molecule has 1 aliphatic carbocycles. The summed E-state index contributed by atoms with van der Waals surface area (Å²) in [5.74, 6) is -3.58. The van der Waals surface area contributed by atoms with Crippen molar-refractivity contribution < 1.29 is 38.3 Å². The topological polar surface area (TPSA) is 183 Å². The molecule has 1 saturated carbocycles. The van der Waals surface area contributed by atoms with E-state index >= 15 is 0 Å². The summed E-state index contributed by atoms with van der Waals surface area (Å²) in [6.07, 6.45) is 8.92. The van der Waals surface area contributed by atoms with E-state index in [2.05, 4.69) is 21.3 Å². The van der Waals surface area contributed by atoms with Gasteiger partial charge in [0.05, 0.1) is 19.2 Å². The van der Waals surface area contributed by atoms with Gasteiger partial charge in [0.15, 0.2) is 0 Å². The Morgan fingerprint density at radius 1 is 0.895 bits per heavy atom. The Morgan fingerprint density at radius 3 is 2.33 bits per heavy atom. The zero-order chi connectivity index (χ0) is 40.9. The van der Waals surface area contributed by atoms with Crippen molar-refractivity contribution in [2.45, 2.75) is 121 Å². The summed E-state index contributed by atoms with van der Waals surface area (Å²) in [5, 5.41) is 10.8. The lowest BCUT2D eigenvalue weighted by molar-refractivity contribution is -0.147. The molecule has 308 valence electrons. The van der Waals surface area contributed by atoms with Crippen molar-refractivity contribution in [1.82, 2.24) is 31.1 Å². The first kappa shape index (κ1) is 42.9. The lowest BCUT2D eigenvalue weighted by atomic mass is 9.82. The van der Waals surface area contributed by atoms with Gasteiger partial charge in [0.2, 0.25) is 35.3 Å². The molecular weight excluding hydrogens is 729 g/mol. The highest BCUT2D eigenvalue weighted by Crippen LogP contribution is 2.32. The van der Waals surface area contributed by atoms with Gasteiger partial charge in [-0.1, -0.05) is 81.8 Å². The molecule has 0 spiro atoms. The van der Waals surface area contributed by atoms with E-state index in [9.17, 15) is 33.6 Å². The molecule has 3 aliphatic rings. The van der Waals surface area contributed by atoms with Gasteiger partial charge in [-0.3, -0.25) is 33.6 Å². The second-order valence-electron chi connectivity index (χ2n) is 15.6. The normalized spacial score (nSPS) is 20.3. The number of hydrogen-bond acceptors (Lipinski definition) is 8. The van der Waals surface area contributed by atoms with Crippen LogP contribution in [0.2, 0.25) is 0 Å². The van der Waals surface area contributed by atoms with Crippen molar-refractivity contribution in [2.24, 2.45) is 5.92 Å². The molecule has 2 aromatic carbocycles. The highest BCUT2D eigenvalue weighted by atomic mass is 16.5. The zero-order valence-corrected chi connectivity index (χ0v) is 33.5. The molecule has 2 heterocycles. The Kier molecular flexibility index (Phi) is 15.6. The van der Waals surface area contributed by atoms with Gasteiger partial charge in [0, 0.05) is 33.5 Å². The largest absolute Gasteiger partial charge is 0.494 e. The van der Waals surface area contributed by atoms with Gasteiger partial charge in [-0.05, 0) is 66.8 Å². The fourth-order valence-corrected chi connectivity index (χ4v) is 7.96. The fourth-order valence-electron chi connectivity index (χ4n) is 7.96. The van der Waals surface area contributed by atoms with Crippen LogP contribution in [-0.4, -0.2) is 96.4 Å². The quantitative estimate of drug-likeness (QED) is 0.237. The van der Waals surface area contributed by atoms with Gasteiger partial charge in [0.1, 0.15) is 23.9 Å². The van der Waals surface area contributed by atoms with Gasteiger partial charge < -0.3 is 35.8 Å². The number of carbonyl (C=O) groups is 7. The third-order valence-corrected chi connectivity index (χ3v) is 11.1. The average Bonchev–Trinajstić information content (AvgIpc) is 3.22. The zero-order valence-electron chi connectivity index (χ0n) is 33.5. The SMILES string of the molecule is CCCC(NC(=O)[C@@H]1Cc2ccc3cc2CN1C(=O)[C@H](C1CCCCC1)NC(=O)CCCCCCO3)C(=O)C(=O)NCC(=O)N[C@H](C(=O)N(C)C)c1ccccc1. The Bertz CT molecular complexity index is 1760. The molecule has 1 fully saturated rings. The van der Waals surface area contributed by atoms with Crippen molar-refractivity contribution in [1.29, 1.82) is 0 Å². The van der Waals surface area contributed by atoms with Crippen molar-refractivity contribution in [3.8, 4) is 5.75 Å². The molecule has 0 radical (unpaired) electrons. The molecule has 3 bridgehead atoms. The van der Waals surface area contributed by atoms with Gasteiger partial charge in [0.25, 0.3) is 5.91 Å². The minimum absolute atomic E-state index is 0.0758. The Morgan fingerprint density at radius 2 is 1.61 bits per heavy atom. The van der Waals surface area contributed by atoms with Crippen LogP contribution in [0.3, 0.4) is 0 Å². The number of carbonyl (C=O) groups excluding carboxylic acids is 7. The molecule has 2 aromatic rings. The number of amides is 6. The summed E-state index contributed by atoms with van der Waals surface area (Å²) < 4.78 is 6.04. The van der Waals surface area contributed by atoms with E-state index in [1.54, 1.807) is 44.4 Å². The van der Waals surface area contributed by atoms with Crippen LogP contribution in [0.1, 0.15) is 107 Å². The van der Waals surface area contributed by atoms with E-state index in [-0.39, 0.29) is 43.0 Å². The molecule has 57 heavy (non-hydrogen) atoms.